The Morgan fingerprint density at radius 2 is 2.00 bits per heavy atom. The van der Waals surface area contributed by atoms with Crippen LogP contribution in [0.1, 0.15) is 5.56 Å². The molecular formula is C11H12O2. The normalized spacial score (nSPS) is 10.2. The molecular weight excluding hydrogens is 164 g/mol. The topological polar surface area (TPSA) is 18.5 Å². The minimum Gasteiger partial charge on any atom is -0.345 e. The number of hydrogen-bond donors (Lipinski definition) is 0. The van der Waals surface area contributed by atoms with Crippen LogP contribution in [0.3, 0.4) is 0 Å². The fourth-order valence-electron chi connectivity index (χ4n) is 0.797. The molecule has 0 saturated carbocycles. The van der Waals surface area contributed by atoms with Crippen molar-refractivity contribution < 1.29 is 9.78 Å². The molecule has 0 aromatic heterocycles. The largest absolute Gasteiger partial charge is 0.345 e. The van der Waals surface area contributed by atoms with Crippen LogP contribution < -0.4 is 0 Å². The molecule has 0 heterocycles. The summed E-state index contributed by atoms with van der Waals surface area (Å²) in [5.74, 6) is 0. The Kier molecular flexibility index (Phi) is 4.43. The Hall–Kier alpha value is -1.54. The van der Waals surface area contributed by atoms with Gasteiger partial charge in [-0.2, -0.15) is 4.89 Å². The van der Waals surface area contributed by atoms with Gasteiger partial charge < -0.3 is 4.89 Å². The van der Waals surface area contributed by atoms with Crippen LogP contribution in [-0.4, -0.2) is 6.61 Å². The second kappa shape index (κ2) is 6.03. The first-order valence-electron chi connectivity index (χ1n) is 4.04. The lowest BCUT2D eigenvalue weighted by Gasteiger charge is -1.95. The molecule has 68 valence electrons. The van der Waals surface area contributed by atoms with Crippen molar-refractivity contribution in [2.75, 3.05) is 6.61 Å². The summed E-state index contributed by atoms with van der Waals surface area (Å²) in [6, 6.07) is 9.85. The lowest BCUT2D eigenvalue weighted by Crippen LogP contribution is -1.85. The van der Waals surface area contributed by atoms with E-state index < -0.39 is 0 Å². The highest BCUT2D eigenvalue weighted by atomic mass is 17.2. The van der Waals surface area contributed by atoms with E-state index in [2.05, 4.69) is 6.58 Å². The first-order chi connectivity index (χ1) is 6.43. The summed E-state index contributed by atoms with van der Waals surface area (Å²) in [5, 5.41) is 0. The summed E-state index contributed by atoms with van der Waals surface area (Å²) in [6.45, 7) is 3.88. The number of rotatable bonds is 5. The quantitative estimate of drug-likeness (QED) is 0.226. The van der Waals surface area contributed by atoms with Gasteiger partial charge in [0.25, 0.3) is 0 Å². The van der Waals surface area contributed by atoms with Gasteiger partial charge in [0.15, 0.2) is 0 Å². The lowest BCUT2D eigenvalue weighted by atomic mass is 10.2. The minimum atomic E-state index is 0.388. The summed E-state index contributed by atoms with van der Waals surface area (Å²) in [5.41, 5.74) is 1.07. The Labute approximate surface area is 78.0 Å². The van der Waals surface area contributed by atoms with E-state index in [0.29, 0.717) is 6.61 Å². The van der Waals surface area contributed by atoms with Gasteiger partial charge in [-0.1, -0.05) is 36.4 Å². The molecule has 0 spiro atoms. The second-order valence-electron chi connectivity index (χ2n) is 2.38. The minimum absolute atomic E-state index is 0.388. The van der Waals surface area contributed by atoms with Crippen molar-refractivity contribution in [3.8, 4) is 0 Å². The van der Waals surface area contributed by atoms with Crippen LogP contribution in [0.25, 0.3) is 6.08 Å². The summed E-state index contributed by atoms with van der Waals surface area (Å²) in [4.78, 5) is 9.43. The SMILES string of the molecule is C=CCOOC=Cc1ccccc1. The van der Waals surface area contributed by atoms with Crippen molar-refractivity contribution in [2.45, 2.75) is 0 Å². The Morgan fingerprint density at radius 3 is 2.69 bits per heavy atom. The molecule has 0 atom stereocenters. The maximum Gasteiger partial charge on any atom is 0.130 e. The standard InChI is InChI=1S/C11H12O2/c1-2-9-12-13-10-8-11-6-4-3-5-7-11/h2-8,10H,1,9H2. The molecule has 1 aromatic rings. The van der Waals surface area contributed by atoms with Crippen LogP contribution in [0, 0.1) is 0 Å². The van der Waals surface area contributed by atoms with Crippen molar-refractivity contribution in [3.05, 3.63) is 54.8 Å². The molecule has 0 fully saturated rings. The van der Waals surface area contributed by atoms with Crippen LogP contribution in [-0.2, 0) is 9.78 Å². The van der Waals surface area contributed by atoms with Gasteiger partial charge in [-0.15, -0.1) is 6.58 Å². The van der Waals surface area contributed by atoms with Crippen molar-refractivity contribution in [3.63, 3.8) is 0 Å². The van der Waals surface area contributed by atoms with Gasteiger partial charge in [0.05, 0.1) is 0 Å². The molecule has 2 nitrogen and oxygen atoms in total. The van der Waals surface area contributed by atoms with Crippen molar-refractivity contribution in [1.82, 2.24) is 0 Å². The summed E-state index contributed by atoms with van der Waals surface area (Å²) in [7, 11) is 0. The highest BCUT2D eigenvalue weighted by Crippen LogP contribution is 2.00. The zero-order valence-corrected chi connectivity index (χ0v) is 7.35. The summed E-state index contributed by atoms with van der Waals surface area (Å²) >= 11 is 0. The van der Waals surface area contributed by atoms with E-state index in [1.807, 2.05) is 36.4 Å². The van der Waals surface area contributed by atoms with Crippen molar-refractivity contribution in [2.24, 2.45) is 0 Å². The van der Waals surface area contributed by atoms with E-state index in [4.69, 9.17) is 9.78 Å². The summed E-state index contributed by atoms with van der Waals surface area (Å²) < 4.78 is 0. The first-order valence-corrected chi connectivity index (χ1v) is 4.04. The monoisotopic (exact) mass is 176 g/mol. The Balaban J connectivity index is 2.28. The van der Waals surface area contributed by atoms with E-state index in [-0.39, 0.29) is 0 Å². The molecule has 0 aliphatic heterocycles. The van der Waals surface area contributed by atoms with E-state index >= 15 is 0 Å². The van der Waals surface area contributed by atoms with Gasteiger partial charge >= 0.3 is 0 Å². The van der Waals surface area contributed by atoms with E-state index in [1.54, 1.807) is 6.08 Å². The average molecular weight is 176 g/mol. The predicted octanol–water partition coefficient (Wildman–Crippen LogP) is 2.79. The van der Waals surface area contributed by atoms with E-state index in [1.165, 1.54) is 6.26 Å². The van der Waals surface area contributed by atoms with Gasteiger partial charge in [0.2, 0.25) is 0 Å². The molecule has 0 amide bonds. The second-order valence-corrected chi connectivity index (χ2v) is 2.38. The van der Waals surface area contributed by atoms with Gasteiger partial charge in [0, 0.05) is 0 Å². The third-order valence-corrected chi connectivity index (χ3v) is 1.37. The average Bonchev–Trinajstić information content (AvgIpc) is 2.19. The number of benzene rings is 1. The maximum absolute atomic E-state index is 4.73. The molecule has 0 aliphatic carbocycles. The van der Waals surface area contributed by atoms with Crippen molar-refractivity contribution >= 4 is 6.08 Å². The smallest absolute Gasteiger partial charge is 0.130 e. The third-order valence-electron chi connectivity index (χ3n) is 1.37. The van der Waals surface area contributed by atoms with Crippen LogP contribution >= 0.6 is 0 Å². The molecule has 1 rings (SSSR count). The van der Waals surface area contributed by atoms with Gasteiger partial charge in [-0.3, -0.25) is 0 Å². The molecule has 0 unspecified atom stereocenters. The zero-order chi connectivity index (χ0) is 9.36. The van der Waals surface area contributed by atoms with Crippen LogP contribution in [0.5, 0.6) is 0 Å². The Morgan fingerprint density at radius 1 is 1.23 bits per heavy atom. The lowest BCUT2D eigenvalue weighted by molar-refractivity contribution is -0.237. The van der Waals surface area contributed by atoms with Gasteiger partial charge in [-0.25, -0.2) is 0 Å². The first kappa shape index (κ1) is 9.55. The third kappa shape index (κ3) is 4.13. The fraction of sp³-hybridized carbons (Fsp3) is 0.0909. The summed E-state index contributed by atoms with van der Waals surface area (Å²) in [6.07, 6.45) is 4.94. The fourth-order valence-corrected chi connectivity index (χ4v) is 0.797. The van der Waals surface area contributed by atoms with Crippen LogP contribution in [0.15, 0.2) is 49.2 Å². The molecule has 0 bridgehead atoms. The van der Waals surface area contributed by atoms with Crippen LogP contribution in [0.2, 0.25) is 0 Å². The molecule has 0 aliphatic rings. The number of hydrogen-bond acceptors (Lipinski definition) is 2. The van der Waals surface area contributed by atoms with Crippen molar-refractivity contribution in [1.29, 1.82) is 0 Å². The van der Waals surface area contributed by atoms with Gasteiger partial charge in [0.1, 0.15) is 12.9 Å². The molecule has 0 saturated heterocycles. The zero-order valence-electron chi connectivity index (χ0n) is 7.35. The molecule has 0 radical (unpaired) electrons. The highest BCUT2D eigenvalue weighted by molar-refractivity contribution is 5.47. The predicted molar refractivity (Wildman–Crippen MR) is 52.7 cm³/mol. The molecule has 2 heteroatoms. The highest BCUT2D eigenvalue weighted by Gasteiger charge is 1.82. The van der Waals surface area contributed by atoms with E-state index in [9.17, 15) is 0 Å². The van der Waals surface area contributed by atoms with Crippen LogP contribution in [0.4, 0.5) is 0 Å². The maximum atomic E-state index is 4.73. The van der Waals surface area contributed by atoms with Gasteiger partial charge in [-0.05, 0) is 11.6 Å². The molecule has 1 aromatic carbocycles. The Bertz CT molecular complexity index is 265. The van der Waals surface area contributed by atoms with E-state index in [0.717, 1.165) is 5.56 Å². The molecule has 13 heavy (non-hydrogen) atoms. The molecule has 0 N–H and O–H groups in total.